The molecule has 1 aromatic carbocycles. The Morgan fingerprint density at radius 3 is 2.57 bits per heavy atom. The number of fused-ring (bicyclic) bond motifs is 1. The zero-order valence-electron chi connectivity index (χ0n) is 12.3. The number of aromatic nitrogens is 3. The van der Waals surface area contributed by atoms with Crippen molar-refractivity contribution < 1.29 is 9.59 Å². The van der Waals surface area contributed by atoms with Gasteiger partial charge >= 0.3 is 6.03 Å². The second-order valence-corrected chi connectivity index (χ2v) is 4.67. The van der Waals surface area contributed by atoms with Gasteiger partial charge in [-0.2, -0.15) is 5.10 Å². The topological polar surface area (TPSA) is 100 Å². The fourth-order valence-corrected chi connectivity index (χ4v) is 1.96. The van der Waals surface area contributed by atoms with Crippen molar-refractivity contribution in [1.82, 2.24) is 19.9 Å². The summed E-state index contributed by atoms with van der Waals surface area (Å²) in [6.07, 6.45) is 1.53. The summed E-state index contributed by atoms with van der Waals surface area (Å²) in [6, 6.07) is 12.0. The molecule has 0 atom stereocenters. The van der Waals surface area contributed by atoms with Crippen molar-refractivity contribution in [3.8, 4) is 0 Å². The summed E-state index contributed by atoms with van der Waals surface area (Å²) in [4.78, 5) is 27.7. The number of carbonyl (C=O) groups is 2. The molecule has 0 saturated heterocycles. The number of anilines is 2. The summed E-state index contributed by atoms with van der Waals surface area (Å²) in [5.41, 5.74) is 1.45. The predicted molar refractivity (Wildman–Crippen MR) is 85.5 cm³/mol. The van der Waals surface area contributed by atoms with E-state index in [9.17, 15) is 9.59 Å². The molecule has 0 spiro atoms. The maximum atomic E-state index is 12.2. The number of rotatable bonds is 3. The number of carbonyl (C=O) groups excluding carboxylic acids is 2. The first-order valence-electron chi connectivity index (χ1n) is 6.87. The molecule has 116 valence electrons. The van der Waals surface area contributed by atoms with Gasteiger partial charge in [0.2, 0.25) is 0 Å². The van der Waals surface area contributed by atoms with Gasteiger partial charge < -0.3 is 10.6 Å². The van der Waals surface area contributed by atoms with E-state index >= 15 is 0 Å². The molecule has 3 amide bonds. The highest BCUT2D eigenvalue weighted by Gasteiger charge is 2.11. The molecule has 2 aromatic heterocycles. The lowest BCUT2D eigenvalue weighted by Gasteiger charge is -2.04. The number of imidazole rings is 1. The van der Waals surface area contributed by atoms with Gasteiger partial charge in [-0.25, -0.2) is 14.3 Å². The van der Waals surface area contributed by atoms with Gasteiger partial charge in [0.25, 0.3) is 5.91 Å². The van der Waals surface area contributed by atoms with Crippen LogP contribution in [0.3, 0.4) is 0 Å². The van der Waals surface area contributed by atoms with Crippen molar-refractivity contribution in [2.75, 3.05) is 17.7 Å². The number of hydrogen-bond donors (Lipinski definition) is 3. The molecule has 0 bridgehead atoms. The Bertz CT molecular complexity index is 859. The Morgan fingerprint density at radius 1 is 1.04 bits per heavy atom. The van der Waals surface area contributed by atoms with Gasteiger partial charge in [0.05, 0.1) is 6.20 Å². The van der Waals surface area contributed by atoms with Gasteiger partial charge in [0.15, 0.2) is 11.5 Å². The Morgan fingerprint density at radius 2 is 1.83 bits per heavy atom. The first-order valence-corrected chi connectivity index (χ1v) is 6.87. The highest BCUT2D eigenvalue weighted by Crippen LogP contribution is 2.11. The minimum absolute atomic E-state index is 0.241. The van der Waals surface area contributed by atoms with Crippen LogP contribution in [0, 0.1) is 0 Å². The van der Waals surface area contributed by atoms with Crippen molar-refractivity contribution in [3.05, 3.63) is 54.4 Å². The van der Waals surface area contributed by atoms with Crippen LogP contribution in [-0.4, -0.2) is 33.6 Å². The van der Waals surface area contributed by atoms with E-state index in [-0.39, 0.29) is 17.6 Å². The molecule has 3 rings (SSSR count). The van der Waals surface area contributed by atoms with E-state index in [4.69, 9.17) is 0 Å². The largest absolute Gasteiger partial charge is 0.341 e. The molecule has 8 heteroatoms. The zero-order chi connectivity index (χ0) is 16.2. The SMILES string of the molecule is CNC(=O)Nc1cn2nc(C(=O)Nc3ccccc3)ccc2n1. The molecule has 8 nitrogen and oxygen atoms in total. The van der Waals surface area contributed by atoms with E-state index in [0.29, 0.717) is 17.2 Å². The number of para-hydroxylation sites is 1. The smallest absolute Gasteiger partial charge is 0.320 e. The predicted octanol–water partition coefficient (Wildman–Crippen LogP) is 1.73. The van der Waals surface area contributed by atoms with E-state index in [0.717, 1.165) is 0 Å². The van der Waals surface area contributed by atoms with Crippen LogP contribution in [0.2, 0.25) is 0 Å². The number of benzene rings is 1. The third-order valence-electron chi connectivity index (χ3n) is 3.05. The maximum absolute atomic E-state index is 12.2. The fourth-order valence-electron chi connectivity index (χ4n) is 1.96. The fraction of sp³-hybridized carbons (Fsp3) is 0.0667. The van der Waals surface area contributed by atoms with E-state index in [1.807, 2.05) is 18.2 Å². The monoisotopic (exact) mass is 310 g/mol. The minimum atomic E-state index is -0.379. The number of nitrogens with zero attached hydrogens (tertiary/aromatic N) is 3. The second-order valence-electron chi connectivity index (χ2n) is 4.67. The standard InChI is InChI=1S/C15H14N6O2/c1-16-15(23)19-12-9-21-13(18-12)8-7-11(20-21)14(22)17-10-5-3-2-4-6-10/h2-9H,1H3,(H,17,22)(H2,16,19,23). The number of urea groups is 1. The molecule has 3 aromatic rings. The van der Waals surface area contributed by atoms with Crippen molar-refractivity contribution in [3.63, 3.8) is 0 Å². The van der Waals surface area contributed by atoms with E-state index in [1.165, 1.54) is 17.8 Å². The quantitative estimate of drug-likeness (QED) is 0.686. The molecular weight excluding hydrogens is 296 g/mol. The normalized spacial score (nSPS) is 10.3. The lowest BCUT2D eigenvalue weighted by Crippen LogP contribution is -2.24. The first-order chi connectivity index (χ1) is 11.2. The molecule has 0 unspecified atom stereocenters. The number of amides is 3. The van der Waals surface area contributed by atoms with E-state index in [2.05, 4.69) is 26.0 Å². The molecule has 0 radical (unpaired) electrons. The molecular formula is C15H14N6O2. The lowest BCUT2D eigenvalue weighted by molar-refractivity contribution is 0.102. The molecule has 0 aliphatic heterocycles. The molecule has 2 heterocycles. The Hall–Kier alpha value is -3.42. The zero-order valence-corrected chi connectivity index (χ0v) is 12.3. The van der Waals surface area contributed by atoms with Crippen molar-refractivity contribution in [2.24, 2.45) is 0 Å². The van der Waals surface area contributed by atoms with Crippen LogP contribution in [0.1, 0.15) is 10.5 Å². The van der Waals surface area contributed by atoms with Gasteiger partial charge in [-0.15, -0.1) is 0 Å². The second kappa shape index (κ2) is 6.14. The van der Waals surface area contributed by atoms with Crippen LogP contribution in [0.25, 0.3) is 5.65 Å². The summed E-state index contributed by atoms with van der Waals surface area (Å²) in [5.74, 6) is 0.0186. The van der Waals surface area contributed by atoms with Crippen LogP contribution >= 0.6 is 0 Å². The van der Waals surface area contributed by atoms with Gasteiger partial charge in [0, 0.05) is 12.7 Å². The highest BCUT2D eigenvalue weighted by atomic mass is 16.2. The average Bonchev–Trinajstić information content (AvgIpc) is 2.96. The third-order valence-corrected chi connectivity index (χ3v) is 3.05. The number of hydrogen-bond acceptors (Lipinski definition) is 4. The summed E-state index contributed by atoms with van der Waals surface area (Å²) < 4.78 is 1.44. The Kier molecular flexibility index (Phi) is 3.88. The van der Waals surface area contributed by atoms with E-state index in [1.54, 1.807) is 24.3 Å². The van der Waals surface area contributed by atoms with Gasteiger partial charge in [-0.1, -0.05) is 18.2 Å². The average molecular weight is 310 g/mol. The molecule has 0 aliphatic rings. The van der Waals surface area contributed by atoms with Crippen LogP contribution in [0.5, 0.6) is 0 Å². The Balaban J connectivity index is 1.82. The maximum Gasteiger partial charge on any atom is 0.320 e. The van der Waals surface area contributed by atoms with Crippen LogP contribution in [0.4, 0.5) is 16.3 Å². The first kappa shape index (κ1) is 14.5. The number of nitrogens with one attached hydrogen (secondary N) is 3. The van der Waals surface area contributed by atoms with Gasteiger partial charge in [0.1, 0.15) is 5.69 Å². The Labute approximate surface area is 131 Å². The molecule has 23 heavy (non-hydrogen) atoms. The van der Waals surface area contributed by atoms with Crippen molar-refractivity contribution in [2.45, 2.75) is 0 Å². The summed E-state index contributed by atoms with van der Waals surface area (Å²) >= 11 is 0. The summed E-state index contributed by atoms with van der Waals surface area (Å²) in [6.45, 7) is 0. The van der Waals surface area contributed by atoms with Gasteiger partial charge in [-0.3, -0.25) is 10.1 Å². The highest BCUT2D eigenvalue weighted by molar-refractivity contribution is 6.02. The van der Waals surface area contributed by atoms with Crippen LogP contribution in [0.15, 0.2) is 48.7 Å². The van der Waals surface area contributed by atoms with Crippen LogP contribution in [-0.2, 0) is 0 Å². The van der Waals surface area contributed by atoms with Crippen molar-refractivity contribution in [1.29, 1.82) is 0 Å². The van der Waals surface area contributed by atoms with E-state index < -0.39 is 0 Å². The van der Waals surface area contributed by atoms with Crippen LogP contribution < -0.4 is 16.0 Å². The summed E-state index contributed by atoms with van der Waals surface area (Å²) in [7, 11) is 1.51. The molecule has 0 fully saturated rings. The summed E-state index contributed by atoms with van der Waals surface area (Å²) in [5, 5.41) is 11.9. The lowest BCUT2D eigenvalue weighted by atomic mass is 10.3. The van der Waals surface area contributed by atoms with Gasteiger partial charge in [-0.05, 0) is 24.3 Å². The molecule has 3 N–H and O–H groups in total. The molecule has 0 aliphatic carbocycles. The minimum Gasteiger partial charge on any atom is -0.341 e. The van der Waals surface area contributed by atoms with Crippen molar-refractivity contribution >= 4 is 29.1 Å². The molecule has 0 saturated carbocycles. The third kappa shape index (κ3) is 3.26.